The van der Waals surface area contributed by atoms with Crippen LogP contribution in [0.1, 0.15) is 94.9 Å². The monoisotopic (exact) mass is 1000 g/mol. The number of hydrogen-bond donors (Lipinski definition) is 7. The van der Waals surface area contributed by atoms with Crippen LogP contribution in [0.15, 0.2) is 47.6 Å². The van der Waals surface area contributed by atoms with Crippen molar-refractivity contribution in [2.75, 3.05) is 32.6 Å². The highest BCUT2D eigenvalue weighted by molar-refractivity contribution is 7.89. The number of nitrogens with one attached hydrogen (secondary N) is 2. The molecule has 386 valence electrons. The topological polar surface area (TPSA) is 261 Å². The fourth-order valence-electron chi connectivity index (χ4n) is 10.2. The van der Waals surface area contributed by atoms with E-state index in [-0.39, 0.29) is 49.6 Å². The van der Waals surface area contributed by atoms with Crippen molar-refractivity contribution in [3.05, 3.63) is 47.7 Å². The molecule has 3 aliphatic heterocycles. The maximum atomic E-state index is 14.5. The second-order valence-corrected chi connectivity index (χ2v) is 22.4. The molecule has 0 spiro atoms. The molecule has 1 aromatic heterocycles. The molecule has 0 saturated carbocycles. The summed E-state index contributed by atoms with van der Waals surface area (Å²) in [6.07, 6.45) is -7.61. The molecule has 21 heteroatoms. The number of anilines is 1. The van der Waals surface area contributed by atoms with Gasteiger partial charge in [0, 0.05) is 44.1 Å². The van der Waals surface area contributed by atoms with E-state index in [1.165, 1.54) is 57.7 Å². The Morgan fingerprint density at radius 1 is 0.971 bits per heavy atom. The number of aliphatic hydroxyl groups excluding tert-OH is 2. The highest BCUT2D eigenvalue weighted by atomic mass is 35.5. The summed E-state index contributed by atoms with van der Waals surface area (Å²) in [4.78, 5) is 14.5. The minimum Gasteiger partial charge on any atom is -0.459 e. The van der Waals surface area contributed by atoms with Crippen LogP contribution in [0.2, 0.25) is 5.02 Å². The Labute approximate surface area is 406 Å². The molecule has 7 N–H and O–H groups in total. The van der Waals surface area contributed by atoms with Gasteiger partial charge in [-0.2, -0.15) is 14.5 Å². The van der Waals surface area contributed by atoms with Crippen LogP contribution in [0.25, 0.3) is 0 Å². The van der Waals surface area contributed by atoms with Crippen LogP contribution in [0.5, 0.6) is 0 Å². The fraction of sp³-hybridized carbons (Fsp3) is 0.766. The second kappa shape index (κ2) is 22.4. The van der Waals surface area contributed by atoms with Gasteiger partial charge in [0.25, 0.3) is 0 Å². The Bertz CT molecular complexity index is 2060. The minimum atomic E-state index is -4.16. The van der Waals surface area contributed by atoms with Gasteiger partial charge in [0.2, 0.25) is 10.0 Å². The van der Waals surface area contributed by atoms with Gasteiger partial charge in [0.05, 0.1) is 65.0 Å². The van der Waals surface area contributed by atoms with Crippen LogP contribution in [0, 0.1) is 17.8 Å². The van der Waals surface area contributed by atoms with Crippen molar-refractivity contribution in [2.45, 2.75) is 190 Å². The van der Waals surface area contributed by atoms with Crippen LogP contribution >= 0.6 is 11.6 Å². The number of hydrogen-bond acceptors (Lipinski definition) is 18. The van der Waals surface area contributed by atoms with Crippen LogP contribution < -0.4 is 10.6 Å². The SMILES string of the molecule is CC[C@H]1OC(=O)[C@H](C)[C@@H](O[C@H]2C[C@@](C)(OC)[C@](O)(CNc3ccnnc3)[C@H](C)O2)[C@H](C)[C@@H](O[C@@H]2O[C@H](C)C[C@H](N(C)S(=O)(=O)c3ccc(Cl)cc3)[C@H]2O)[C@](C)(O)C[C@@H](C)CN[C@H](C)[C@@H](O)[C@]1(C)O. The number of cyclic esters (lactones) is 1. The summed E-state index contributed by atoms with van der Waals surface area (Å²) in [6, 6.07) is 5.65. The number of aromatic nitrogens is 2. The Morgan fingerprint density at radius 3 is 2.24 bits per heavy atom. The second-order valence-electron chi connectivity index (χ2n) is 20.0. The van der Waals surface area contributed by atoms with Crippen LogP contribution in [0.4, 0.5) is 5.69 Å². The lowest BCUT2D eigenvalue weighted by Gasteiger charge is -2.53. The largest absolute Gasteiger partial charge is 0.459 e. The van der Waals surface area contributed by atoms with Crippen molar-refractivity contribution in [1.29, 1.82) is 0 Å². The summed E-state index contributed by atoms with van der Waals surface area (Å²) in [5, 5.41) is 74.9. The molecular formula is C47H76ClN5O14S. The van der Waals surface area contributed by atoms with E-state index < -0.39 is 118 Å². The molecule has 0 radical (unpaired) electrons. The molecule has 4 heterocycles. The summed E-state index contributed by atoms with van der Waals surface area (Å²) in [7, 11) is -1.33. The Morgan fingerprint density at radius 2 is 1.63 bits per heavy atom. The first-order chi connectivity index (χ1) is 31.6. The molecule has 19 nitrogen and oxygen atoms in total. The standard InChI is InChI=1S/C47H76ClN5O14S/c1-13-36-46(10,58)40(55)30(6)49-23-26(2)21-44(8,57)41(67-43-38(54)35(20-27(3)63-43)53(11)68(60,61)34-16-14-32(48)15-17-34)28(4)39(29(5)42(56)65-36)66-37-22-45(9,62-12)47(59,31(7)64-37)25-50-33-18-19-51-52-24-33/h14-19,24,26-31,35-41,43,49,54-55,57-59H,13,20-23,25H2,1-12H3,(H,50,51)/t26-,27-,28+,29-,30-,31+,35+,36-,37+,38-,39+,40-,41-,43+,44-,45-,46-,47+/m1/s1. The predicted molar refractivity (Wildman–Crippen MR) is 252 cm³/mol. The number of rotatable bonds is 12. The van der Waals surface area contributed by atoms with Gasteiger partial charge in [0.15, 0.2) is 12.6 Å². The Kier molecular flexibility index (Phi) is 18.5. The average molecular weight is 1000 g/mol. The third kappa shape index (κ3) is 12.1. The highest BCUT2D eigenvalue weighted by Crippen LogP contribution is 2.44. The molecule has 3 fully saturated rings. The van der Waals surface area contributed by atoms with E-state index in [2.05, 4.69) is 20.8 Å². The number of carbonyl (C=O) groups excluding carboxylic acids is 1. The number of likely N-dealkylation sites (N-methyl/N-ethyl adjacent to an activating group) is 1. The lowest BCUT2D eigenvalue weighted by atomic mass is 9.75. The third-order valence-corrected chi connectivity index (χ3v) is 16.8. The highest BCUT2D eigenvalue weighted by Gasteiger charge is 2.59. The molecule has 0 amide bonds. The Hall–Kier alpha value is -2.67. The first-order valence-electron chi connectivity index (χ1n) is 23.5. The summed E-state index contributed by atoms with van der Waals surface area (Å²) < 4.78 is 67.5. The number of aliphatic hydroxyl groups is 5. The molecule has 3 aliphatic rings. The number of carbonyl (C=O) groups is 1. The average Bonchev–Trinajstić information content (AvgIpc) is 3.29. The zero-order valence-electron chi connectivity index (χ0n) is 41.4. The number of benzene rings is 1. The molecule has 0 aliphatic carbocycles. The number of sulfonamides is 1. The minimum absolute atomic E-state index is 0.0204. The molecule has 68 heavy (non-hydrogen) atoms. The van der Waals surface area contributed by atoms with E-state index >= 15 is 0 Å². The molecule has 18 atom stereocenters. The van der Waals surface area contributed by atoms with Crippen molar-refractivity contribution in [3.8, 4) is 0 Å². The summed E-state index contributed by atoms with van der Waals surface area (Å²) in [5.74, 6) is -3.26. The molecule has 0 unspecified atom stereocenters. The maximum Gasteiger partial charge on any atom is 0.311 e. The van der Waals surface area contributed by atoms with Gasteiger partial charge in [-0.15, -0.1) is 0 Å². The van der Waals surface area contributed by atoms with Gasteiger partial charge in [-0.25, -0.2) is 8.42 Å². The maximum absolute atomic E-state index is 14.5. The zero-order valence-corrected chi connectivity index (χ0v) is 43.0. The molecule has 3 saturated heterocycles. The van der Waals surface area contributed by atoms with Gasteiger partial charge in [-0.1, -0.05) is 32.4 Å². The van der Waals surface area contributed by atoms with E-state index in [1.54, 1.807) is 61.5 Å². The normalized spacial score (nSPS) is 41.6. The van der Waals surface area contributed by atoms with Crippen molar-refractivity contribution in [3.63, 3.8) is 0 Å². The van der Waals surface area contributed by atoms with E-state index in [1.807, 2.05) is 6.92 Å². The van der Waals surface area contributed by atoms with E-state index in [0.29, 0.717) is 10.7 Å². The van der Waals surface area contributed by atoms with Gasteiger partial charge in [-0.05, 0) is 111 Å². The molecule has 2 aromatic rings. The first-order valence-corrected chi connectivity index (χ1v) is 25.3. The zero-order chi connectivity index (χ0) is 50.7. The van der Waals surface area contributed by atoms with Crippen molar-refractivity contribution >= 4 is 33.3 Å². The van der Waals surface area contributed by atoms with Gasteiger partial charge in [0.1, 0.15) is 35.1 Å². The summed E-state index contributed by atoms with van der Waals surface area (Å²) in [5.41, 5.74) is -6.03. The van der Waals surface area contributed by atoms with Gasteiger partial charge in [-0.3, -0.25) is 4.79 Å². The smallest absolute Gasteiger partial charge is 0.311 e. The molecule has 1 aromatic carbocycles. The van der Waals surface area contributed by atoms with Crippen molar-refractivity contribution < 1.29 is 67.2 Å². The fourth-order valence-corrected chi connectivity index (χ4v) is 11.7. The quantitative estimate of drug-likeness (QED) is 0.151. The van der Waals surface area contributed by atoms with Crippen LogP contribution in [-0.4, -0.2) is 171 Å². The van der Waals surface area contributed by atoms with Crippen LogP contribution in [-0.2, 0) is 43.2 Å². The van der Waals surface area contributed by atoms with Gasteiger partial charge >= 0.3 is 5.97 Å². The third-order valence-electron chi connectivity index (χ3n) is 14.6. The van der Waals surface area contributed by atoms with Crippen molar-refractivity contribution in [1.82, 2.24) is 19.8 Å². The van der Waals surface area contributed by atoms with Crippen molar-refractivity contribution in [2.24, 2.45) is 17.8 Å². The van der Waals surface area contributed by atoms with E-state index in [4.69, 9.17) is 40.0 Å². The Balaban J connectivity index is 1.56. The number of nitrogens with zero attached hydrogens (tertiary/aromatic N) is 3. The number of ether oxygens (including phenoxy) is 6. The lowest BCUT2D eigenvalue weighted by Crippen LogP contribution is -2.69. The van der Waals surface area contributed by atoms with E-state index in [9.17, 15) is 38.7 Å². The molecule has 5 rings (SSSR count). The molecule has 0 bridgehead atoms. The first kappa shape index (κ1) is 56.2. The number of halogens is 1. The summed E-state index contributed by atoms with van der Waals surface area (Å²) in [6.45, 7) is 17.0. The predicted octanol–water partition coefficient (Wildman–Crippen LogP) is 3.24. The lowest BCUT2D eigenvalue weighted by molar-refractivity contribution is -0.334. The van der Waals surface area contributed by atoms with Gasteiger partial charge < -0.3 is 64.6 Å². The van der Waals surface area contributed by atoms with E-state index in [0.717, 1.165) is 4.31 Å². The van der Waals surface area contributed by atoms with Crippen LogP contribution in [0.3, 0.4) is 0 Å². The number of methoxy groups -OCH3 is 1. The molecular weight excluding hydrogens is 926 g/mol. The number of esters is 1. The summed E-state index contributed by atoms with van der Waals surface area (Å²) >= 11 is 6.07.